The minimum absolute atomic E-state index is 0.00990. The number of fused-ring (bicyclic) bond motifs is 1. The average molecular weight is 343 g/mol. The van der Waals surface area contributed by atoms with Crippen LogP contribution in [0.25, 0.3) is 5.69 Å². The summed E-state index contributed by atoms with van der Waals surface area (Å²) in [4.78, 5) is 16.4. The minimum Gasteiger partial charge on any atom is -0.310 e. The molecule has 1 atom stereocenters. The number of hydrogen-bond acceptors (Lipinski definition) is 2. The number of carbonyl (C=O) groups excluding carboxylic acids is 1. The first-order valence-electron chi connectivity index (χ1n) is 7.61. The van der Waals surface area contributed by atoms with Crippen LogP contribution in [0.4, 0.5) is 19.0 Å². The van der Waals surface area contributed by atoms with Crippen LogP contribution in [0.2, 0.25) is 0 Å². The Morgan fingerprint density at radius 3 is 2.48 bits per heavy atom. The van der Waals surface area contributed by atoms with Crippen molar-refractivity contribution in [2.45, 2.75) is 12.3 Å². The maximum absolute atomic E-state index is 14.2. The topological polar surface area (TPSA) is 46.9 Å². The van der Waals surface area contributed by atoms with Gasteiger partial charge >= 0.3 is 0 Å². The summed E-state index contributed by atoms with van der Waals surface area (Å²) in [6.07, 6.45) is 1.49. The van der Waals surface area contributed by atoms with Gasteiger partial charge in [-0.05, 0) is 35.9 Å². The maximum atomic E-state index is 14.2. The number of aromatic nitrogens is 2. The Kier molecular flexibility index (Phi) is 3.56. The normalized spacial score (nSPS) is 16.4. The molecular weight excluding hydrogens is 331 g/mol. The molecule has 4 nitrogen and oxygen atoms in total. The monoisotopic (exact) mass is 343 g/mol. The number of halogens is 3. The first-order chi connectivity index (χ1) is 12.0. The molecule has 0 bridgehead atoms. The van der Waals surface area contributed by atoms with E-state index in [-0.39, 0.29) is 23.7 Å². The lowest BCUT2D eigenvalue weighted by atomic mass is 9.89. The van der Waals surface area contributed by atoms with Crippen molar-refractivity contribution in [2.75, 3.05) is 5.32 Å². The number of hydrogen-bond donors (Lipinski definition) is 1. The van der Waals surface area contributed by atoms with E-state index in [1.807, 2.05) is 0 Å². The number of benzene rings is 2. The highest BCUT2D eigenvalue weighted by Gasteiger charge is 2.32. The van der Waals surface area contributed by atoms with Crippen molar-refractivity contribution in [2.24, 2.45) is 0 Å². The SMILES string of the molecule is O=C1CC(c2ccc(F)cc2F)c2ncn(-c3ccc(F)cc3)c2N1. The van der Waals surface area contributed by atoms with Gasteiger partial charge < -0.3 is 5.32 Å². The van der Waals surface area contributed by atoms with Gasteiger partial charge in [0.15, 0.2) is 0 Å². The summed E-state index contributed by atoms with van der Waals surface area (Å²) in [5, 5.41) is 2.72. The van der Waals surface area contributed by atoms with Crippen molar-refractivity contribution in [1.29, 1.82) is 0 Å². The van der Waals surface area contributed by atoms with Gasteiger partial charge in [-0.1, -0.05) is 6.07 Å². The predicted molar refractivity (Wildman–Crippen MR) is 85.0 cm³/mol. The summed E-state index contributed by atoms with van der Waals surface area (Å²) in [7, 11) is 0. The van der Waals surface area contributed by atoms with E-state index in [1.165, 1.54) is 24.5 Å². The molecule has 3 aromatic rings. The number of nitrogens with one attached hydrogen (secondary N) is 1. The molecule has 1 unspecified atom stereocenters. The van der Waals surface area contributed by atoms with E-state index in [2.05, 4.69) is 10.3 Å². The third-order valence-corrected chi connectivity index (χ3v) is 4.22. The molecule has 0 saturated heterocycles. The van der Waals surface area contributed by atoms with Crippen LogP contribution in [0.1, 0.15) is 23.6 Å². The molecule has 126 valence electrons. The lowest BCUT2D eigenvalue weighted by Crippen LogP contribution is -2.25. The van der Waals surface area contributed by atoms with Crippen LogP contribution in [0.5, 0.6) is 0 Å². The second-order valence-corrected chi connectivity index (χ2v) is 5.80. The Hall–Kier alpha value is -3.09. The van der Waals surface area contributed by atoms with Crippen LogP contribution in [0.3, 0.4) is 0 Å². The molecule has 1 aliphatic rings. The Morgan fingerprint density at radius 1 is 1.04 bits per heavy atom. The highest BCUT2D eigenvalue weighted by atomic mass is 19.1. The zero-order valence-electron chi connectivity index (χ0n) is 12.8. The molecule has 2 heterocycles. The second-order valence-electron chi connectivity index (χ2n) is 5.80. The third-order valence-electron chi connectivity index (χ3n) is 4.22. The molecule has 0 spiro atoms. The average Bonchev–Trinajstić information content (AvgIpc) is 2.99. The number of imidazole rings is 1. The summed E-state index contributed by atoms with van der Waals surface area (Å²) in [5.74, 6) is -2.30. The molecule has 1 amide bonds. The molecule has 1 N–H and O–H groups in total. The van der Waals surface area contributed by atoms with Crippen molar-refractivity contribution in [1.82, 2.24) is 9.55 Å². The summed E-state index contributed by atoms with van der Waals surface area (Å²) < 4.78 is 42.1. The largest absolute Gasteiger partial charge is 0.310 e. The van der Waals surface area contributed by atoms with E-state index in [9.17, 15) is 18.0 Å². The first kappa shape index (κ1) is 15.4. The molecule has 4 rings (SSSR count). The van der Waals surface area contributed by atoms with Crippen molar-refractivity contribution in [3.63, 3.8) is 0 Å². The molecule has 0 aliphatic carbocycles. The van der Waals surface area contributed by atoms with Crippen molar-refractivity contribution in [3.05, 3.63) is 77.5 Å². The quantitative estimate of drug-likeness (QED) is 0.770. The number of rotatable bonds is 2. The van der Waals surface area contributed by atoms with Crippen LogP contribution in [-0.2, 0) is 4.79 Å². The molecule has 7 heteroatoms. The molecule has 0 fully saturated rings. The van der Waals surface area contributed by atoms with Crippen LogP contribution in [0, 0.1) is 17.5 Å². The van der Waals surface area contributed by atoms with Gasteiger partial charge in [-0.25, -0.2) is 18.2 Å². The standard InChI is InChI=1S/C18H12F3N3O/c19-10-1-4-12(5-2-10)24-9-22-17-14(8-16(25)23-18(17)24)13-6-3-11(20)7-15(13)21/h1-7,9,14H,8H2,(H,23,25). The van der Waals surface area contributed by atoms with Gasteiger partial charge in [-0.15, -0.1) is 0 Å². The Bertz CT molecular complexity index is 966. The molecule has 25 heavy (non-hydrogen) atoms. The second kappa shape index (κ2) is 5.77. The zero-order valence-corrected chi connectivity index (χ0v) is 12.8. The lowest BCUT2D eigenvalue weighted by molar-refractivity contribution is -0.116. The van der Waals surface area contributed by atoms with Gasteiger partial charge in [-0.3, -0.25) is 9.36 Å². The number of carbonyl (C=O) groups is 1. The Balaban J connectivity index is 1.82. The van der Waals surface area contributed by atoms with Crippen LogP contribution < -0.4 is 5.32 Å². The maximum Gasteiger partial charge on any atom is 0.226 e. The van der Waals surface area contributed by atoms with Gasteiger partial charge in [-0.2, -0.15) is 0 Å². The van der Waals surface area contributed by atoms with Gasteiger partial charge in [0.25, 0.3) is 0 Å². The molecule has 0 radical (unpaired) electrons. The fraction of sp³-hybridized carbons (Fsp3) is 0.111. The molecule has 1 aromatic heterocycles. The highest BCUT2D eigenvalue weighted by Crippen LogP contribution is 2.38. The zero-order chi connectivity index (χ0) is 17.6. The van der Waals surface area contributed by atoms with E-state index in [1.54, 1.807) is 16.7 Å². The van der Waals surface area contributed by atoms with Gasteiger partial charge in [0.05, 0.1) is 5.69 Å². The minimum atomic E-state index is -0.720. The predicted octanol–water partition coefficient (Wildman–Crippen LogP) is 3.76. The van der Waals surface area contributed by atoms with Crippen molar-refractivity contribution in [3.8, 4) is 5.69 Å². The molecule has 1 aliphatic heterocycles. The van der Waals surface area contributed by atoms with Crippen molar-refractivity contribution < 1.29 is 18.0 Å². The van der Waals surface area contributed by atoms with Crippen molar-refractivity contribution >= 4 is 11.7 Å². The van der Waals surface area contributed by atoms with E-state index in [0.29, 0.717) is 17.2 Å². The summed E-state index contributed by atoms with van der Waals surface area (Å²) >= 11 is 0. The fourth-order valence-electron chi connectivity index (χ4n) is 3.05. The molecule has 2 aromatic carbocycles. The number of amides is 1. The summed E-state index contributed by atoms with van der Waals surface area (Å²) in [5.41, 5.74) is 1.30. The van der Waals surface area contributed by atoms with Crippen LogP contribution in [0.15, 0.2) is 48.8 Å². The van der Waals surface area contributed by atoms with Gasteiger partial charge in [0, 0.05) is 24.1 Å². The number of anilines is 1. The number of nitrogens with zero attached hydrogens (tertiary/aromatic N) is 2. The van der Waals surface area contributed by atoms with E-state index in [4.69, 9.17) is 0 Å². The summed E-state index contributed by atoms with van der Waals surface area (Å²) in [6.45, 7) is 0. The fourth-order valence-corrected chi connectivity index (χ4v) is 3.05. The van der Waals surface area contributed by atoms with Gasteiger partial charge in [0.1, 0.15) is 29.6 Å². The third kappa shape index (κ3) is 2.67. The van der Waals surface area contributed by atoms with Crippen LogP contribution in [-0.4, -0.2) is 15.5 Å². The Morgan fingerprint density at radius 2 is 1.76 bits per heavy atom. The first-order valence-corrected chi connectivity index (χ1v) is 7.61. The lowest BCUT2D eigenvalue weighted by Gasteiger charge is -2.23. The molecule has 0 saturated carbocycles. The molecular formula is C18H12F3N3O. The highest BCUT2D eigenvalue weighted by molar-refractivity contribution is 5.94. The van der Waals surface area contributed by atoms with Gasteiger partial charge in [0.2, 0.25) is 5.91 Å². The van der Waals surface area contributed by atoms with E-state index >= 15 is 0 Å². The smallest absolute Gasteiger partial charge is 0.226 e. The Labute approximate surface area is 140 Å². The van der Waals surface area contributed by atoms with Crippen LogP contribution >= 0.6 is 0 Å². The van der Waals surface area contributed by atoms with E-state index < -0.39 is 17.6 Å². The summed E-state index contributed by atoms with van der Waals surface area (Å²) in [6, 6.07) is 8.96. The van der Waals surface area contributed by atoms with E-state index in [0.717, 1.165) is 12.1 Å².